The van der Waals surface area contributed by atoms with Gasteiger partial charge in [-0.25, -0.2) is 18.1 Å². The highest BCUT2D eigenvalue weighted by Gasteiger charge is 2.19. The fourth-order valence-electron chi connectivity index (χ4n) is 2.68. The lowest BCUT2D eigenvalue weighted by Gasteiger charge is -2.12. The summed E-state index contributed by atoms with van der Waals surface area (Å²) >= 11 is 0. The molecule has 3 rings (SSSR count). The van der Waals surface area contributed by atoms with Crippen LogP contribution >= 0.6 is 0 Å². The van der Waals surface area contributed by atoms with Crippen molar-refractivity contribution < 1.29 is 17.9 Å². The zero-order valence-electron chi connectivity index (χ0n) is 17.4. The number of anilines is 3. The fraction of sp³-hybridized carbons (Fsp3) is 0.250. The van der Waals surface area contributed by atoms with Crippen LogP contribution in [0.4, 0.5) is 17.5 Å². The smallest absolute Gasteiger partial charge is 0.244 e. The molecule has 3 N–H and O–H groups in total. The highest BCUT2D eigenvalue weighted by molar-refractivity contribution is 7.89. The monoisotopic (exact) mass is 444 g/mol. The summed E-state index contributed by atoms with van der Waals surface area (Å²) in [5, 5.41) is 14.3. The molecule has 1 aromatic carbocycles. The number of hydrogen-bond donors (Lipinski definition) is 3. The van der Waals surface area contributed by atoms with E-state index in [2.05, 4.69) is 30.5 Å². The summed E-state index contributed by atoms with van der Waals surface area (Å²) in [4.78, 5) is 4.25. The number of pyridine rings is 1. The van der Waals surface area contributed by atoms with E-state index in [0.29, 0.717) is 29.7 Å². The molecule has 0 atom stereocenters. The second kappa shape index (κ2) is 10.0. The molecule has 0 aliphatic heterocycles. The molecule has 11 heteroatoms. The second-order valence-electron chi connectivity index (χ2n) is 6.49. The van der Waals surface area contributed by atoms with Gasteiger partial charge in [-0.15, -0.1) is 10.2 Å². The van der Waals surface area contributed by atoms with Crippen LogP contribution in [-0.2, 0) is 10.0 Å². The van der Waals surface area contributed by atoms with E-state index in [1.165, 1.54) is 26.4 Å². The topological polar surface area (TPSA) is 127 Å². The largest absolute Gasteiger partial charge is 0.497 e. The Hall–Kier alpha value is -3.44. The number of rotatable bonds is 10. The molecule has 2 heterocycles. The van der Waals surface area contributed by atoms with Gasteiger partial charge in [-0.2, -0.15) is 0 Å². The van der Waals surface area contributed by atoms with Gasteiger partial charge in [-0.1, -0.05) is 0 Å². The van der Waals surface area contributed by atoms with Gasteiger partial charge in [0.05, 0.1) is 14.2 Å². The Kier molecular flexibility index (Phi) is 7.21. The van der Waals surface area contributed by atoms with Gasteiger partial charge in [0.1, 0.15) is 28.0 Å². The van der Waals surface area contributed by atoms with Gasteiger partial charge in [-0.05, 0) is 48.9 Å². The summed E-state index contributed by atoms with van der Waals surface area (Å²) in [7, 11) is -0.849. The highest BCUT2D eigenvalue weighted by atomic mass is 32.2. The van der Waals surface area contributed by atoms with E-state index in [9.17, 15) is 8.42 Å². The third-order valence-corrected chi connectivity index (χ3v) is 5.72. The van der Waals surface area contributed by atoms with Crippen LogP contribution in [0, 0.1) is 6.92 Å². The first-order chi connectivity index (χ1) is 14.9. The summed E-state index contributed by atoms with van der Waals surface area (Å²) < 4.78 is 37.9. The fourth-order valence-corrected chi connectivity index (χ4v) is 3.86. The predicted octanol–water partition coefficient (Wildman–Crippen LogP) is 2.33. The molecule has 3 aromatic rings. The SMILES string of the molecule is COc1ccc(S(=O)(=O)NCCNc2ccc(Nc3cc(C)ccn3)nn2)c(OC)c1. The lowest BCUT2D eigenvalue weighted by molar-refractivity contribution is 0.386. The number of aromatic nitrogens is 3. The van der Waals surface area contributed by atoms with E-state index in [1.807, 2.05) is 19.1 Å². The Morgan fingerprint density at radius 3 is 2.35 bits per heavy atom. The molecule has 0 spiro atoms. The number of nitrogens with zero attached hydrogens (tertiary/aromatic N) is 3. The van der Waals surface area contributed by atoms with Crippen LogP contribution in [0.5, 0.6) is 11.5 Å². The number of sulfonamides is 1. The summed E-state index contributed by atoms with van der Waals surface area (Å²) in [6.07, 6.45) is 1.71. The maximum atomic E-state index is 12.6. The third kappa shape index (κ3) is 6.03. The van der Waals surface area contributed by atoms with Crippen LogP contribution in [0.1, 0.15) is 5.56 Å². The molecule has 0 saturated carbocycles. The molecule has 164 valence electrons. The number of nitrogens with one attached hydrogen (secondary N) is 3. The van der Waals surface area contributed by atoms with Gasteiger partial charge < -0.3 is 20.1 Å². The molecule has 10 nitrogen and oxygen atoms in total. The Bertz CT molecular complexity index is 1120. The van der Waals surface area contributed by atoms with Gasteiger partial charge in [0.25, 0.3) is 0 Å². The van der Waals surface area contributed by atoms with E-state index in [-0.39, 0.29) is 17.2 Å². The van der Waals surface area contributed by atoms with Gasteiger partial charge in [-0.3, -0.25) is 0 Å². The molecule has 0 aliphatic rings. The van der Waals surface area contributed by atoms with Gasteiger partial charge in [0, 0.05) is 25.4 Å². The molecule has 0 saturated heterocycles. The van der Waals surface area contributed by atoms with E-state index >= 15 is 0 Å². The first-order valence-electron chi connectivity index (χ1n) is 9.40. The predicted molar refractivity (Wildman–Crippen MR) is 118 cm³/mol. The summed E-state index contributed by atoms with van der Waals surface area (Å²) in [6.45, 7) is 2.44. The van der Waals surface area contributed by atoms with Crippen molar-refractivity contribution in [3.05, 3.63) is 54.2 Å². The van der Waals surface area contributed by atoms with Crippen molar-refractivity contribution in [1.82, 2.24) is 19.9 Å². The summed E-state index contributed by atoms with van der Waals surface area (Å²) in [6, 6.07) is 11.8. The minimum absolute atomic E-state index is 0.0378. The molecule has 0 amide bonds. The Labute approximate surface area is 181 Å². The van der Waals surface area contributed by atoms with Crippen LogP contribution in [0.2, 0.25) is 0 Å². The van der Waals surface area contributed by atoms with E-state index < -0.39 is 10.0 Å². The lowest BCUT2D eigenvalue weighted by atomic mass is 10.3. The van der Waals surface area contributed by atoms with Gasteiger partial charge >= 0.3 is 0 Å². The van der Waals surface area contributed by atoms with Crippen molar-refractivity contribution >= 4 is 27.5 Å². The number of aryl methyl sites for hydroxylation is 1. The van der Waals surface area contributed by atoms with Crippen molar-refractivity contribution in [2.24, 2.45) is 0 Å². The molecule has 0 fully saturated rings. The first kappa shape index (κ1) is 22.2. The zero-order valence-corrected chi connectivity index (χ0v) is 18.2. The first-order valence-corrected chi connectivity index (χ1v) is 10.9. The number of methoxy groups -OCH3 is 2. The van der Waals surface area contributed by atoms with Crippen molar-refractivity contribution in [1.29, 1.82) is 0 Å². The summed E-state index contributed by atoms with van der Waals surface area (Å²) in [5.74, 6) is 2.46. The molecule has 0 radical (unpaired) electrons. The molecule has 0 unspecified atom stereocenters. The van der Waals surface area contributed by atoms with E-state index in [4.69, 9.17) is 9.47 Å². The third-order valence-electron chi connectivity index (χ3n) is 4.22. The molecule has 31 heavy (non-hydrogen) atoms. The maximum absolute atomic E-state index is 12.6. The van der Waals surface area contributed by atoms with Crippen molar-refractivity contribution in [2.75, 3.05) is 37.9 Å². The maximum Gasteiger partial charge on any atom is 0.244 e. The highest BCUT2D eigenvalue weighted by Crippen LogP contribution is 2.28. The van der Waals surface area contributed by atoms with E-state index in [0.717, 1.165) is 5.56 Å². The molecule has 2 aromatic heterocycles. The zero-order chi connectivity index (χ0) is 22.3. The quantitative estimate of drug-likeness (QED) is 0.404. The number of ether oxygens (including phenoxy) is 2. The number of benzene rings is 1. The Balaban J connectivity index is 1.52. The standard InChI is InChI=1S/C20H24N6O4S/c1-14-8-9-21-20(12-14)24-19-7-6-18(25-26-19)22-10-11-23-31(27,28)17-5-4-15(29-2)13-16(17)30-3/h4-9,12-13,23H,10-11H2,1-3H3,(H,22,25)(H,21,24,26). The van der Waals surface area contributed by atoms with Crippen LogP contribution < -0.4 is 24.8 Å². The molecular formula is C20H24N6O4S. The van der Waals surface area contributed by atoms with Crippen LogP contribution in [0.3, 0.4) is 0 Å². The van der Waals surface area contributed by atoms with Gasteiger partial charge in [0.15, 0.2) is 5.82 Å². The minimum atomic E-state index is -3.75. The Morgan fingerprint density at radius 1 is 0.903 bits per heavy atom. The number of hydrogen-bond acceptors (Lipinski definition) is 9. The van der Waals surface area contributed by atoms with Crippen molar-refractivity contribution in [3.8, 4) is 11.5 Å². The average Bonchev–Trinajstić information content (AvgIpc) is 2.77. The molecule has 0 aliphatic carbocycles. The molecule has 0 bridgehead atoms. The lowest BCUT2D eigenvalue weighted by Crippen LogP contribution is -2.29. The van der Waals surface area contributed by atoms with Crippen LogP contribution in [0.25, 0.3) is 0 Å². The van der Waals surface area contributed by atoms with Crippen molar-refractivity contribution in [3.63, 3.8) is 0 Å². The Morgan fingerprint density at radius 2 is 1.68 bits per heavy atom. The van der Waals surface area contributed by atoms with Gasteiger partial charge in [0.2, 0.25) is 10.0 Å². The average molecular weight is 445 g/mol. The van der Waals surface area contributed by atoms with E-state index in [1.54, 1.807) is 24.4 Å². The summed E-state index contributed by atoms with van der Waals surface area (Å²) in [5.41, 5.74) is 1.08. The minimum Gasteiger partial charge on any atom is -0.497 e. The van der Waals surface area contributed by atoms with Crippen molar-refractivity contribution in [2.45, 2.75) is 11.8 Å². The van der Waals surface area contributed by atoms with Crippen LogP contribution in [0.15, 0.2) is 53.6 Å². The molecular weight excluding hydrogens is 420 g/mol. The normalized spacial score (nSPS) is 11.1. The second-order valence-corrected chi connectivity index (χ2v) is 8.22. The van der Waals surface area contributed by atoms with Crippen LogP contribution in [-0.4, -0.2) is 50.9 Å².